The summed E-state index contributed by atoms with van der Waals surface area (Å²) in [5.41, 5.74) is 5.46. The first-order valence-electron chi connectivity index (χ1n) is 26.8. The average molecular weight is 1300 g/mol. The Bertz CT molecular complexity index is 4110. The molecular weight excluding hydrogens is 1240 g/mol. The maximum Gasteiger partial charge on any atom is 0.329 e. The van der Waals surface area contributed by atoms with Crippen LogP contribution in [-0.2, 0) is 39.9 Å². The summed E-state index contributed by atoms with van der Waals surface area (Å²) in [6.07, 6.45) is 18.8. The van der Waals surface area contributed by atoms with Crippen molar-refractivity contribution in [2.45, 2.75) is 75.3 Å². The lowest BCUT2D eigenvalue weighted by Crippen LogP contribution is -2.25. The van der Waals surface area contributed by atoms with Crippen molar-refractivity contribution in [1.82, 2.24) is 58.6 Å². The van der Waals surface area contributed by atoms with Crippen LogP contribution in [0.1, 0.15) is 74.5 Å². The Morgan fingerprint density at radius 1 is 0.583 bits per heavy atom. The third kappa shape index (κ3) is 16.5. The second kappa shape index (κ2) is 29.9. The van der Waals surface area contributed by atoms with Crippen molar-refractivity contribution in [1.29, 1.82) is 0 Å². The molecule has 1 N–H and O–H groups in total. The van der Waals surface area contributed by atoms with Gasteiger partial charge >= 0.3 is 11.4 Å². The van der Waals surface area contributed by atoms with Gasteiger partial charge in [0.1, 0.15) is 11.6 Å². The molecule has 7 aromatic heterocycles. The van der Waals surface area contributed by atoms with Gasteiger partial charge < -0.3 is 19.2 Å². The van der Waals surface area contributed by atoms with E-state index in [-0.39, 0.29) is 35.7 Å². The molecule has 12 rings (SSSR count). The fourth-order valence-corrected chi connectivity index (χ4v) is 11.1. The van der Waals surface area contributed by atoms with Crippen molar-refractivity contribution in [3.8, 4) is 17.6 Å². The van der Waals surface area contributed by atoms with Gasteiger partial charge in [0.05, 0.1) is 105 Å². The highest BCUT2D eigenvalue weighted by atomic mass is 35.5. The Kier molecular flexibility index (Phi) is 22.3. The first-order valence-corrected chi connectivity index (χ1v) is 33.8. The fraction of sp³-hybridized carbons (Fsp3) is 0.368. The van der Waals surface area contributed by atoms with Crippen LogP contribution >= 0.6 is 69.8 Å². The standard InChI is InChI=1S/C22H22ClN5O3S.C13H14Cl2N2O2S.C13H14Cl2N2OS.C9H9N3O/c1-32(30)10-2-9-31-21-16-6-3-14(23)11-17(16)25-20(26-21)13-27-19-12-24-8-7-18(19)28(22(27)29)15-4-5-15;1-20(18)6-2-5-19-13-10-4-3-9(15)7-11(10)16-12(8-14)17-13;1-19-6-2-5-18-13-10-4-3-9(15)7-11(10)16-12(8-14)17-13;13-9-11-7-5-10-4-3-8(7)12(9)6-1-2-6/h3,6-8,11-12,15H,2,4-5,9-10,13H2,1H3;3-4,7H,2,5-6,8H2,1H3;3-4,7H,2,5-6,8H2,1H3;3-6H,1-2H2,(H,11,13). The largest absolute Gasteiger partial charge is 0.477 e. The van der Waals surface area contributed by atoms with Gasteiger partial charge in [-0.15, -0.1) is 23.2 Å². The number of nitrogens with one attached hydrogen (secondary N) is 1. The van der Waals surface area contributed by atoms with E-state index in [1.807, 2.05) is 45.5 Å². The summed E-state index contributed by atoms with van der Waals surface area (Å²) in [6, 6.07) is 20.6. The number of hydrogen-bond acceptors (Lipinski definition) is 16. The van der Waals surface area contributed by atoms with E-state index in [0.717, 1.165) is 81.6 Å². The second-order valence-electron chi connectivity index (χ2n) is 19.5. The third-order valence-corrected chi connectivity index (χ3v) is 16.6. The lowest BCUT2D eigenvalue weighted by Gasteiger charge is -2.11. The highest BCUT2D eigenvalue weighted by Crippen LogP contribution is 2.37. The molecule has 19 nitrogen and oxygen atoms in total. The highest BCUT2D eigenvalue weighted by Gasteiger charge is 2.30. The Labute approximate surface area is 517 Å². The molecule has 2 aliphatic carbocycles. The zero-order valence-electron chi connectivity index (χ0n) is 46.0. The number of rotatable bonds is 21. The minimum Gasteiger partial charge on any atom is -0.477 e. The molecule has 7 heterocycles. The smallest absolute Gasteiger partial charge is 0.329 e. The van der Waals surface area contributed by atoms with Crippen molar-refractivity contribution in [3.63, 3.8) is 0 Å². The summed E-state index contributed by atoms with van der Waals surface area (Å²) < 4.78 is 45.0. The number of pyridine rings is 2. The molecule has 84 heavy (non-hydrogen) atoms. The Morgan fingerprint density at radius 2 is 1.04 bits per heavy atom. The minimum atomic E-state index is -0.874. The summed E-state index contributed by atoms with van der Waals surface area (Å²) in [4.78, 5) is 62.2. The zero-order chi connectivity index (χ0) is 59.3. The Morgan fingerprint density at radius 3 is 1.51 bits per heavy atom. The van der Waals surface area contributed by atoms with Crippen LogP contribution < -0.4 is 25.6 Å². The summed E-state index contributed by atoms with van der Waals surface area (Å²) in [7, 11) is -1.68. The summed E-state index contributed by atoms with van der Waals surface area (Å²) in [6.45, 7) is 1.67. The summed E-state index contributed by atoms with van der Waals surface area (Å²) in [5.74, 6) is 5.70. The number of fused-ring (bicyclic) bond motifs is 5. The Balaban J connectivity index is 0.000000142. The summed E-state index contributed by atoms with van der Waals surface area (Å²) in [5, 5.41) is 4.19. The van der Waals surface area contributed by atoms with Crippen LogP contribution in [0.15, 0.2) is 101 Å². The van der Waals surface area contributed by atoms with Gasteiger partial charge in [-0.05, 0) is 124 Å². The minimum absolute atomic E-state index is 0.00880. The molecule has 3 aromatic carbocycles. The maximum atomic E-state index is 13.2. The average Bonchev–Trinajstić information content (AvgIpc) is 4.24. The molecule has 0 bridgehead atoms. The molecule has 10 aromatic rings. The molecule has 2 unspecified atom stereocenters. The first kappa shape index (κ1) is 62.5. The number of aromatic amines is 1. The quantitative estimate of drug-likeness (QED) is 0.0521. The second-order valence-corrected chi connectivity index (χ2v) is 25.4. The lowest BCUT2D eigenvalue weighted by atomic mass is 10.2. The van der Waals surface area contributed by atoms with E-state index in [1.165, 1.54) is 0 Å². The lowest BCUT2D eigenvalue weighted by molar-refractivity contribution is 0.308. The molecule has 0 spiro atoms. The topological polar surface area (TPSA) is 230 Å². The van der Waals surface area contributed by atoms with Crippen molar-refractivity contribution in [2.24, 2.45) is 0 Å². The van der Waals surface area contributed by atoms with E-state index in [1.54, 1.807) is 84.0 Å². The van der Waals surface area contributed by atoms with Crippen LogP contribution in [-0.4, -0.2) is 123 Å². The van der Waals surface area contributed by atoms with Crippen molar-refractivity contribution >= 4 is 146 Å². The molecule has 442 valence electrons. The maximum absolute atomic E-state index is 13.2. The molecule has 2 saturated carbocycles. The molecule has 0 aliphatic heterocycles. The van der Waals surface area contributed by atoms with E-state index in [9.17, 15) is 18.0 Å². The number of hydrogen-bond donors (Lipinski definition) is 1. The van der Waals surface area contributed by atoms with Gasteiger partial charge in [0, 0.05) is 85.2 Å². The van der Waals surface area contributed by atoms with Crippen molar-refractivity contribution in [3.05, 3.63) is 145 Å². The number of alkyl halides is 2. The fourth-order valence-electron chi connectivity index (χ4n) is 8.89. The van der Waals surface area contributed by atoms with Crippen LogP contribution in [0.4, 0.5) is 0 Å². The van der Waals surface area contributed by atoms with Crippen LogP contribution in [0.25, 0.3) is 54.8 Å². The van der Waals surface area contributed by atoms with Crippen LogP contribution in [0.2, 0.25) is 15.1 Å². The SMILES string of the molecule is CS(=O)CCCOc1nc(CCl)nc2cc(Cl)ccc12.CS(=O)CCCOc1nc(Cn2c(=O)n(C3CC3)c3ccncc32)nc2cc(Cl)ccc12.CSCCCOc1nc(CCl)nc2cc(Cl)ccc12.O=c1[nH]c2cnccc2n1C1CC1. The highest BCUT2D eigenvalue weighted by molar-refractivity contribution is 7.98. The molecule has 0 radical (unpaired) electrons. The molecular formula is C57H59Cl5N12O7S3. The molecule has 2 atom stereocenters. The molecule has 2 fully saturated rings. The first-order chi connectivity index (χ1) is 40.7. The normalized spacial score (nSPS) is 13.7. The van der Waals surface area contributed by atoms with E-state index < -0.39 is 21.6 Å². The van der Waals surface area contributed by atoms with E-state index >= 15 is 0 Å². The monoisotopic (exact) mass is 1290 g/mol. The third-order valence-electron chi connectivity index (χ3n) is 13.0. The van der Waals surface area contributed by atoms with Gasteiger partial charge in [0.25, 0.3) is 0 Å². The van der Waals surface area contributed by atoms with Crippen molar-refractivity contribution in [2.75, 3.05) is 55.8 Å². The van der Waals surface area contributed by atoms with Crippen LogP contribution in [0.5, 0.6) is 17.6 Å². The number of benzene rings is 3. The van der Waals surface area contributed by atoms with E-state index in [2.05, 4.69) is 51.1 Å². The predicted octanol–water partition coefficient (Wildman–Crippen LogP) is 11.7. The van der Waals surface area contributed by atoms with Crippen LogP contribution in [0, 0.1) is 0 Å². The number of thioether (sulfide) groups is 1. The van der Waals surface area contributed by atoms with E-state index in [4.69, 9.17) is 72.2 Å². The number of halogens is 5. The number of imidazole rings is 2. The van der Waals surface area contributed by atoms with E-state index in [0.29, 0.717) is 111 Å². The number of ether oxygens (including phenoxy) is 3. The van der Waals surface area contributed by atoms with Crippen molar-refractivity contribution < 1.29 is 22.6 Å². The van der Waals surface area contributed by atoms with Gasteiger partial charge in [-0.2, -0.15) is 26.7 Å². The number of nitrogens with zero attached hydrogens (tertiary/aromatic N) is 11. The van der Waals surface area contributed by atoms with Gasteiger partial charge in [-0.3, -0.25) is 32.1 Å². The number of aromatic nitrogens is 12. The Hall–Kier alpha value is -5.98. The molecule has 0 saturated heterocycles. The van der Waals surface area contributed by atoms with Gasteiger partial charge in [0.2, 0.25) is 17.6 Å². The molecule has 2 aliphatic rings. The number of H-pyrrole nitrogens is 1. The summed E-state index contributed by atoms with van der Waals surface area (Å²) >= 11 is 31.5. The van der Waals surface area contributed by atoms with Gasteiger partial charge in [0.15, 0.2) is 5.82 Å². The zero-order valence-corrected chi connectivity index (χ0v) is 52.2. The van der Waals surface area contributed by atoms with Crippen LogP contribution in [0.3, 0.4) is 0 Å². The molecule has 0 amide bonds. The van der Waals surface area contributed by atoms with Gasteiger partial charge in [-0.1, -0.05) is 34.8 Å². The predicted molar refractivity (Wildman–Crippen MR) is 339 cm³/mol. The molecule has 27 heteroatoms. The van der Waals surface area contributed by atoms with Gasteiger partial charge in [-0.25, -0.2) is 24.5 Å².